The van der Waals surface area contributed by atoms with Crippen LogP contribution in [0.3, 0.4) is 0 Å². The van der Waals surface area contributed by atoms with Crippen LogP contribution in [0, 0.1) is 47.4 Å². The molecule has 2 aromatic carbocycles. The summed E-state index contributed by atoms with van der Waals surface area (Å²) in [6.07, 6.45) is 22.8. The third kappa shape index (κ3) is 12.7. The zero-order valence-corrected chi connectivity index (χ0v) is 32.2. The van der Waals surface area contributed by atoms with Gasteiger partial charge in [-0.1, -0.05) is 79.2 Å². The minimum atomic E-state index is 0.866. The number of aryl methyl sites for hydroxylation is 6. The highest BCUT2D eigenvalue weighted by Crippen LogP contribution is 2.19. The maximum Gasteiger partial charge on any atom is 0.172 e. The van der Waals surface area contributed by atoms with Crippen LogP contribution >= 0.6 is 31.9 Å². The van der Waals surface area contributed by atoms with E-state index < -0.39 is 0 Å². The number of pyridine rings is 2. The minimum absolute atomic E-state index is 0.866. The van der Waals surface area contributed by atoms with Crippen LogP contribution in [0.25, 0.3) is 0 Å². The van der Waals surface area contributed by atoms with E-state index in [0.717, 1.165) is 71.7 Å². The Morgan fingerprint density at radius 3 is 1.08 bits per heavy atom. The lowest BCUT2D eigenvalue weighted by Gasteiger charge is -2.13. The Labute approximate surface area is 317 Å². The fraction of sp³-hybridized carbons (Fsp3) is 0.348. The molecule has 0 N–H and O–H groups in total. The number of nitrogens with zero attached hydrogens (tertiary/aromatic N) is 2. The van der Waals surface area contributed by atoms with Gasteiger partial charge >= 0.3 is 0 Å². The van der Waals surface area contributed by atoms with Gasteiger partial charge in [0.2, 0.25) is 0 Å². The second-order valence-electron chi connectivity index (χ2n) is 12.6. The number of benzene rings is 2. The first-order chi connectivity index (χ1) is 24.7. The van der Waals surface area contributed by atoms with Crippen molar-refractivity contribution >= 4 is 31.9 Å². The monoisotopic (exact) mass is 784 g/mol. The summed E-state index contributed by atoms with van der Waals surface area (Å²) in [5, 5.41) is 1.85. The third-order valence-electron chi connectivity index (χ3n) is 8.82. The number of fused-ring (bicyclic) bond motifs is 2. The van der Waals surface area contributed by atoms with E-state index in [0.29, 0.717) is 0 Å². The summed E-state index contributed by atoms with van der Waals surface area (Å²) in [6.45, 7) is 1.90. The average molecular weight is 787 g/mol. The van der Waals surface area contributed by atoms with Crippen molar-refractivity contribution in [3.05, 3.63) is 130 Å². The number of rotatable bonds is 6. The Bertz CT molecular complexity index is 1800. The summed E-state index contributed by atoms with van der Waals surface area (Å²) in [5.41, 5.74) is 10.3. The molecule has 4 heteroatoms. The highest BCUT2D eigenvalue weighted by atomic mass is 79.9. The maximum atomic E-state index is 3.35. The van der Waals surface area contributed by atoms with Gasteiger partial charge in [0.25, 0.3) is 0 Å². The zero-order valence-electron chi connectivity index (χ0n) is 29.0. The first-order valence-electron chi connectivity index (χ1n) is 18.0. The first-order valence-corrected chi connectivity index (χ1v) is 20.2. The molecule has 2 aromatic heterocycles. The van der Waals surface area contributed by atoms with Gasteiger partial charge in [-0.15, -0.1) is 0 Å². The summed E-state index contributed by atoms with van der Waals surface area (Å²) in [6, 6.07) is 21.0. The molecule has 0 atom stereocenters. The van der Waals surface area contributed by atoms with Gasteiger partial charge in [0.1, 0.15) is 0 Å². The van der Waals surface area contributed by atoms with E-state index in [-0.39, 0.29) is 0 Å². The van der Waals surface area contributed by atoms with Crippen molar-refractivity contribution in [3.8, 4) is 47.4 Å². The van der Waals surface area contributed by atoms with Gasteiger partial charge in [-0.25, -0.2) is 9.13 Å². The van der Waals surface area contributed by atoms with Gasteiger partial charge < -0.3 is 0 Å². The lowest BCUT2D eigenvalue weighted by molar-refractivity contribution is -0.696. The molecule has 2 heterocycles. The molecule has 50 heavy (non-hydrogen) atoms. The van der Waals surface area contributed by atoms with Gasteiger partial charge in [-0.05, 0) is 111 Å². The summed E-state index contributed by atoms with van der Waals surface area (Å²) in [4.78, 5) is 0. The number of aromatic nitrogens is 2. The molecular weight excluding hydrogens is 740 g/mol. The van der Waals surface area contributed by atoms with E-state index in [1.807, 2.05) is 24.3 Å². The molecule has 4 aromatic rings. The molecule has 0 bridgehead atoms. The molecule has 0 saturated carbocycles. The van der Waals surface area contributed by atoms with Gasteiger partial charge in [-0.3, -0.25) is 0 Å². The normalized spacial score (nSPS) is 12.4. The number of hydrogen-bond donors (Lipinski definition) is 0. The molecule has 0 unspecified atom stereocenters. The zero-order chi connectivity index (χ0) is 34.6. The topological polar surface area (TPSA) is 7.76 Å². The molecule has 0 fully saturated rings. The molecule has 0 saturated heterocycles. The van der Waals surface area contributed by atoms with Crippen molar-refractivity contribution < 1.29 is 9.13 Å². The van der Waals surface area contributed by atoms with E-state index >= 15 is 0 Å². The predicted molar refractivity (Wildman–Crippen MR) is 213 cm³/mol. The number of halogens is 2. The molecule has 0 spiro atoms. The molecule has 0 aliphatic heterocycles. The van der Waals surface area contributed by atoms with Crippen LogP contribution < -0.4 is 9.13 Å². The van der Waals surface area contributed by atoms with Crippen LogP contribution in [0.2, 0.25) is 0 Å². The Morgan fingerprint density at radius 1 is 0.420 bits per heavy atom. The molecule has 2 aliphatic rings. The summed E-state index contributed by atoms with van der Waals surface area (Å²) < 4.78 is 4.58. The van der Waals surface area contributed by atoms with E-state index in [4.69, 9.17) is 0 Å². The van der Waals surface area contributed by atoms with Crippen molar-refractivity contribution in [2.75, 3.05) is 10.7 Å². The highest BCUT2D eigenvalue weighted by Gasteiger charge is 2.14. The van der Waals surface area contributed by atoms with Crippen molar-refractivity contribution in [2.24, 2.45) is 0 Å². The van der Waals surface area contributed by atoms with Crippen LogP contribution in [-0.4, -0.2) is 10.7 Å². The van der Waals surface area contributed by atoms with E-state index in [2.05, 4.69) is 150 Å². The lowest BCUT2D eigenvalue weighted by Crippen LogP contribution is -2.34. The van der Waals surface area contributed by atoms with Gasteiger partial charge in [0.05, 0.1) is 12.8 Å². The predicted octanol–water partition coefficient (Wildman–Crippen LogP) is 8.86. The Balaban J connectivity index is 0.000000256. The second-order valence-corrected chi connectivity index (χ2v) is 14.2. The standard InChI is InChI=1S/C32H34N2.C14H12Br2/c1-3-13-31-25-33(23-19-29(31)11-1)21-7-5-9-27-15-17-28(18-16-27)10-6-8-22-34-24-20-30-12-2-4-14-32(30)26-34;15-11-3-1-5-13-7-9-14(10-8-13)6-2-4-12-16/h15-20,23-26H,1-4,7-8,11-14,21-22H2;7-10H,3-4,11-12H2/q+2;. The lowest BCUT2D eigenvalue weighted by atomic mass is 9.93. The van der Waals surface area contributed by atoms with Crippen LogP contribution in [0.5, 0.6) is 0 Å². The van der Waals surface area contributed by atoms with Gasteiger partial charge in [0, 0.05) is 69.0 Å². The summed E-state index contributed by atoms with van der Waals surface area (Å²) >= 11 is 6.69. The molecule has 0 radical (unpaired) electrons. The molecule has 2 aliphatic carbocycles. The van der Waals surface area contributed by atoms with E-state index in [9.17, 15) is 0 Å². The van der Waals surface area contributed by atoms with E-state index in [1.54, 1.807) is 0 Å². The van der Waals surface area contributed by atoms with Crippen molar-refractivity contribution in [1.82, 2.24) is 0 Å². The highest BCUT2D eigenvalue weighted by molar-refractivity contribution is 9.09. The number of hydrogen-bond acceptors (Lipinski definition) is 0. The molecule has 0 amide bonds. The van der Waals surface area contributed by atoms with Crippen LogP contribution in [0.4, 0.5) is 0 Å². The van der Waals surface area contributed by atoms with Crippen molar-refractivity contribution in [3.63, 3.8) is 0 Å². The van der Waals surface area contributed by atoms with E-state index in [1.165, 1.54) is 73.6 Å². The van der Waals surface area contributed by atoms with Crippen LogP contribution in [0.1, 0.15) is 95.9 Å². The van der Waals surface area contributed by atoms with Crippen molar-refractivity contribution in [1.29, 1.82) is 0 Å². The SMILES string of the molecule is BrCCC#Cc1ccc(C#CCCBr)cc1.C(#Cc1ccc(C#CCC[n+]2ccc3c(c2)CCCC3)cc1)CC[n+]1ccc2c(c1)CCCC2. The average Bonchev–Trinajstić information content (AvgIpc) is 3.16. The molecule has 6 rings (SSSR count). The molecule has 2 nitrogen and oxygen atoms in total. The van der Waals surface area contributed by atoms with Gasteiger partial charge in [0.15, 0.2) is 37.9 Å². The number of alkyl halides is 2. The Hall–Kier alpha value is -4.06. The smallest absolute Gasteiger partial charge is 0.172 e. The summed E-state index contributed by atoms with van der Waals surface area (Å²) in [5.74, 6) is 25.6. The fourth-order valence-corrected chi connectivity index (χ4v) is 6.51. The molecule has 252 valence electrons. The van der Waals surface area contributed by atoms with Crippen LogP contribution in [-0.2, 0) is 38.8 Å². The van der Waals surface area contributed by atoms with Crippen molar-refractivity contribution in [2.45, 2.75) is 90.1 Å². The second kappa shape index (κ2) is 21.2. The first kappa shape index (κ1) is 37.2. The molecular formula is C46H46Br2N2+2. The quantitative estimate of drug-likeness (QED) is 0.105. The Morgan fingerprint density at radius 2 is 0.740 bits per heavy atom. The van der Waals surface area contributed by atoms with Crippen LogP contribution in [0.15, 0.2) is 85.5 Å². The largest absolute Gasteiger partial charge is 0.204 e. The Kier molecular flexibility index (Phi) is 15.8. The fourth-order valence-electron chi connectivity index (χ4n) is 6.11. The summed E-state index contributed by atoms with van der Waals surface area (Å²) in [7, 11) is 0. The third-order valence-corrected chi connectivity index (χ3v) is 9.61. The minimum Gasteiger partial charge on any atom is -0.204 e. The maximum absolute atomic E-state index is 3.35. The van der Waals surface area contributed by atoms with Gasteiger partial charge in [-0.2, -0.15) is 0 Å².